The first-order valence-corrected chi connectivity index (χ1v) is 7.64. The molecule has 9 nitrogen and oxygen atoms in total. The highest BCUT2D eigenvalue weighted by atomic mass is 16.6. The van der Waals surface area contributed by atoms with Gasteiger partial charge in [0.25, 0.3) is 5.69 Å². The maximum absolute atomic E-state index is 12.3. The number of hydrogen-bond acceptors (Lipinski definition) is 6. The average Bonchev–Trinajstić information content (AvgIpc) is 3.13. The Bertz CT molecular complexity index is 860. The van der Waals surface area contributed by atoms with E-state index in [0.29, 0.717) is 22.8 Å². The van der Waals surface area contributed by atoms with Crippen molar-refractivity contribution in [2.75, 3.05) is 16.8 Å². The molecule has 2 amide bonds. The van der Waals surface area contributed by atoms with Crippen LogP contribution in [0.3, 0.4) is 0 Å². The van der Waals surface area contributed by atoms with E-state index in [1.807, 2.05) is 0 Å². The maximum Gasteiger partial charge on any atom is 0.274 e. The summed E-state index contributed by atoms with van der Waals surface area (Å²) < 4.78 is 4.88. The van der Waals surface area contributed by atoms with Crippen molar-refractivity contribution in [3.05, 3.63) is 45.7 Å². The molecule has 1 N–H and O–H groups in total. The molecule has 1 aromatic heterocycles. The smallest absolute Gasteiger partial charge is 0.274 e. The van der Waals surface area contributed by atoms with Gasteiger partial charge in [0.15, 0.2) is 5.82 Å². The molecule has 3 rings (SSSR count). The molecule has 0 saturated carbocycles. The molecule has 0 aliphatic carbocycles. The lowest BCUT2D eigenvalue weighted by Gasteiger charge is -2.16. The molecule has 1 aromatic carbocycles. The number of nitrogens with one attached hydrogen (secondary N) is 1. The number of nitrogens with zero attached hydrogens (tertiary/aromatic N) is 3. The van der Waals surface area contributed by atoms with Crippen molar-refractivity contribution in [3.63, 3.8) is 0 Å². The number of amides is 2. The molecule has 1 aliphatic heterocycles. The van der Waals surface area contributed by atoms with Gasteiger partial charge >= 0.3 is 0 Å². The van der Waals surface area contributed by atoms with Crippen LogP contribution in [0.15, 0.2) is 28.8 Å². The molecule has 1 saturated heterocycles. The molecule has 0 unspecified atom stereocenters. The minimum absolute atomic E-state index is 0.0321. The summed E-state index contributed by atoms with van der Waals surface area (Å²) in [6.45, 7) is 3.49. The minimum atomic E-state index is -0.565. The number of aryl methyl sites for hydroxylation is 2. The van der Waals surface area contributed by atoms with Crippen LogP contribution in [-0.2, 0) is 9.59 Å². The highest BCUT2D eigenvalue weighted by molar-refractivity contribution is 6.03. The SMILES string of the molecule is Cc1cc(NC(=O)[C@H]2CC(=O)N(c3ccc(C)c([N+](=O)[O-])c3)C2)no1. The van der Waals surface area contributed by atoms with Gasteiger partial charge in [-0.25, -0.2) is 0 Å². The fourth-order valence-corrected chi connectivity index (χ4v) is 2.75. The van der Waals surface area contributed by atoms with E-state index in [-0.39, 0.29) is 30.5 Å². The summed E-state index contributed by atoms with van der Waals surface area (Å²) in [5.41, 5.74) is 0.863. The van der Waals surface area contributed by atoms with Crippen molar-refractivity contribution in [2.45, 2.75) is 20.3 Å². The summed E-state index contributed by atoms with van der Waals surface area (Å²) in [5, 5.41) is 17.4. The fourth-order valence-electron chi connectivity index (χ4n) is 2.75. The van der Waals surface area contributed by atoms with Crippen LogP contribution in [0.4, 0.5) is 17.2 Å². The largest absolute Gasteiger partial charge is 0.360 e. The number of benzene rings is 1. The van der Waals surface area contributed by atoms with Crippen LogP contribution in [-0.4, -0.2) is 28.4 Å². The molecule has 130 valence electrons. The molecule has 1 atom stereocenters. The first kappa shape index (κ1) is 16.6. The lowest BCUT2D eigenvalue weighted by atomic mass is 10.1. The maximum atomic E-state index is 12.3. The molecule has 9 heteroatoms. The standard InChI is InChI=1S/C16H16N4O5/c1-9-3-4-12(7-13(9)20(23)24)19-8-11(6-15(19)21)16(22)17-14-5-10(2)25-18-14/h3-5,7,11H,6,8H2,1-2H3,(H,17,18,22)/t11-/m0/s1. The fraction of sp³-hybridized carbons (Fsp3) is 0.312. The van der Waals surface area contributed by atoms with Crippen molar-refractivity contribution in [2.24, 2.45) is 5.92 Å². The van der Waals surface area contributed by atoms with E-state index < -0.39 is 10.8 Å². The van der Waals surface area contributed by atoms with Crippen molar-refractivity contribution in [1.29, 1.82) is 0 Å². The van der Waals surface area contributed by atoms with E-state index in [2.05, 4.69) is 10.5 Å². The highest BCUT2D eigenvalue weighted by Crippen LogP contribution is 2.30. The number of carbonyl (C=O) groups excluding carboxylic acids is 2. The predicted octanol–water partition coefficient (Wildman–Crippen LogP) is 2.19. The number of rotatable bonds is 4. The summed E-state index contributed by atoms with van der Waals surface area (Å²) in [6, 6.07) is 6.16. The van der Waals surface area contributed by atoms with E-state index in [1.54, 1.807) is 32.0 Å². The normalized spacial score (nSPS) is 17.0. The van der Waals surface area contributed by atoms with Gasteiger partial charge in [-0.1, -0.05) is 11.2 Å². The third kappa shape index (κ3) is 3.35. The van der Waals surface area contributed by atoms with Gasteiger partial charge in [0.2, 0.25) is 11.8 Å². The first-order valence-electron chi connectivity index (χ1n) is 7.64. The third-order valence-electron chi connectivity index (χ3n) is 4.08. The Balaban J connectivity index is 1.75. The van der Waals surface area contributed by atoms with Gasteiger partial charge in [-0.15, -0.1) is 0 Å². The zero-order valence-electron chi connectivity index (χ0n) is 13.7. The molecule has 2 heterocycles. The second-order valence-electron chi connectivity index (χ2n) is 5.95. The van der Waals surface area contributed by atoms with Gasteiger partial charge in [0, 0.05) is 30.7 Å². The van der Waals surface area contributed by atoms with Gasteiger partial charge in [0.1, 0.15) is 5.76 Å². The molecular formula is C16H16N4O5. The van der Waals surface area contributed by atoms with Gasteiger partial charge < -0.3 is 14.7 Å². The van der Waals surface area contributed by atoms with Gasteiger partial charge in [0.05, 0.1) is 16.5 Å². The van der Waals surface area contributed by atoms with Crippen LogP contribution in [0.2, 0.25) is 0 Å². The number of aromatic nitrogens is 1. The molecule has 1 aliphatic rings. The number of carbonyl (C=O) groups is 2. The van der Waals surface area contributed by atoms with Gasteiger partial charge in [-0.3, -0.25) is 19.7 Å². The topological polar surface area (TPSA) is 119 Å². The number of nitro groups is 1. The van der Waals surface area contributed by atoms with Crippen LogP contribution in [0, 0.1) is 29.9 Å². The quantitative estimate of drug-likeness (QED) is 0.671. The zero-order valence-corrected chi connectivity index (χ0v) is 13.7. The molecule has 25 heavy (non-hydrogen) atoms. The minimum Gasteiger partial charge on any atom is -0.360 e. The molecule has 1 fully saturated rings. The van der Waals surface area contributed by atoms with Crippen LogP contribution >= 0.6 is 0 Å². The number of nitro benzene ring substituents is 1. The first-order chi connectivity index (χ1) is 11.8. The van der Waals surface area contributed by atoms with Gasteiger partial charge in [-0.05, 0) is 19.9 Å². The summed E-state index contributed by atoms with van der Waals surface area (Å²) >= 11 is 0. The lowest BCUT2D eigenvalue weighted by Crippen LogP contribution is -2.28. The number of hydrogen-bond donors (Lipinski definition) is 1. The van der Waals surface area contributed by atoms with Crippen LogP contribution in [0.1, 0.15) is 17.7 Å². The summed E-state index contributed by atoms with van der Waals surface area (Å²) in [7, 11) is 0. The van der Waals surface area contributed by atoms with Crippen molar-refractivity contribution in [1.82, 2.24) is 5.16 Å². The van der Waals surface area contributed by atoms with E-state index in [9.17, 15) is 19.7 Å². The molecular weight excluding hydrogens is 328 g/mol. The predicted molar refractivity (Wildman–Crippen MR) is 88.2 cm³/mol. The Kier molecular flexibility index (Phi) is 4.22. The zero-order chi connectivity index (χ0) is 18.1. The summed E-state index contributed by atoms with van der Waals surface area (Å²) in [6.07, 6.45) is 0.0321. The Morgan fingerprint density at radius 1 is 1.40 bits per heavy atom. The Morgan fingerprint density at radius 3 is 2.80 bits per heavy atom. The van der Waals surface area contributed by atoms with Crippen LogP contribution in [0.25, 0.3) is 0 Å². The van der Waals surface area contributed by atoms with Crippen molar-refractivity contribution in [3.8, 4) is 0 Å². The molecule has 0 radical (unpaired) electrons. The van der Waals surface area contributed by atoms with Gasteiger partial charge in [-0.2, -0.15) is 0 Å². The lowest BCUT2D eigenvalue weighted by molar-refractivity contribution is -0.385. The van der Waals surface area contributed by atoms with E-state index in [1.165, 1.54) is 11.0 Å². The van der Waals surface area contributed by atoms with Crippen LogP contribution in [0.5, 0.6) is 0 Å². The highest BCUT2D eigenvalue weighted by Gasteiger charge is 2.36. The van der Waals surface area contributed by atoms with Crippen molar-refractivity contribution < 1.29 is 19.0 Å². The molecule has 0 spiro atoms. The van der Waals surface area contributed by atoms with E-state index in [0.717, 1.165) is 0 Å². The summed E-state index contributed by atoms with van der Waals surface area (Å²) in [4.78, 5) is 36.5. The monoisotopic (exact) mass is 344 g/mol. The Hall–Kier alpha value is -3.23. The second-order valence-corrected chi connectivity index (χ2v) is 5.95. The Morgan fingerprint density at radius 2 is 2.16 bits per heavy atom. The second kappa shape index (κ2) is 6.34. The molecule has 2 aromatic rings. The van der Waals surface area contributed by atoms with Crippen molar-refractivity contribution >= 4 is 29.0 Å². The molecule has 0 bridgehead atoms. The van der Waals surface area contributed by atoms with E-state index in [4.69, 9.17) is 4.52 Å². The van der Waals surface area contributed by atoms with Crippen LogP contribution < -0.4 is 10.2 Å². The average molecular weight is 344 g/mol. The number of anilines is 2. The third-order valence-corrected chi connectivity index (χ3v) is 4.08. The summed E-state index contributed by atoms with van der Waals surface area (Å²) in [5.74, 6) is -0.309. The Labute approximate surface area is 142 Å². The van der Waals surface area contributed by atoms with E-state index >= 15 is 0 Å².